The molecular weight excluding hydrogens is 238 g/mol. The van der Waals surface area contributed by atoms with Gasteiger partial charge < -0.3 is 14.8 Å². The van der Waals surface area contributed by atoms with E-state index >= 15 is 0 Å². The molecule has 2 unspecified atom stereocenters. The molecule has 0 aromatic heterocycles. The smallest absolute Gasteiger partial charge is 0.161 e. The van der Waals surface area contributed by atoms with E-state index in [2.05, 4.69) is 24.4 Å². The van der Waals surface area contributed by atoms with Crippen LogP contribution in [0.15, 0.2) is 18.2 Å². The Balaban J connectivity index is 1.94. The Morgan fingerprint density at radius 1 is 1.26 bits per heavy atom. The summed E-state index contributed by atoms with van der Waals surface area (Å²) in [4.78, 5) is 0. The van der Waals surface area contributed by atoms with Gasteiger partial charge in [-0.1, -0.05) is 13.0 Å². The zero-order chi connectivity index (χ0) is 13.7. The lowest BCUT2D eigenvalue weighted by molar-refractivity contribution is 0.310. The molecule has 1 saturated carbocycles. The largest absolute Gasteiger partial charge is 0.493 e. The molecule has 0 radical (unpaired) electrons. The van der Waals surface area contributed by atoms with Gasteiger partial charge in [0, 0.05) is 12.6 Å². The van der Waals surface area contributed by atoms with Crippen LogP contribution in [0.2, 0.25) is 0 Å². The molecule has 1 N–H and O–H groups in total. The minimum absolute atomic E-state index is 0.660. The van der Waals surface area contributed by atoms with Crippen molar-refractivity contribution in [3.8, 4) is 11.5 Å². The zero-order valence-electron chi connectivity index (χ0n) is 12.2. The Bertz CT molecular complexity index is 406. The van der Waals surface area contributed by atoms with E-state index in [1.807, 2.05) is 13.0 Å². The lowest BCUT2D eigenvalue weighted by Crippen LogP contribution is -2.25. The maximum atomic E-state index is 5.60. The lowest BCUT2D eigenvalue weighted by Gasteiger charge is -2.14. The molecule has 3 nitrogen and oxygen atoms in total. The van der Waals surface area contributed by atoms with Crippen molar-refractivity contribution in [3.05, 3.63) is 23.8 Å². The molecule has 0 aliphatic heterocycles. The van der Waals surface area contributed by atoms with Gasteiger partial charge in [0.2, 0.25) is 0 Å². The minimum atomic E-state index is 0.660. The van der Waals surface area contributed by atoms with Crippen molar-refractivity contribution < 1.29 is 9.47 Å². The molecule has 0 amide bonds. The molecule has 0 saturated heterocycles. The van der Waals surface area contributed by atoms with Gasteiger partial charge in [-0.05, 0) is 49.8 Å². The quantitative estimate of drug-likeness (QED) is 0.853. The van der Waals surface area contributed by atoms with Crippen molar-refractivity contribution in [1.29, 1.82) is 0 Å². The van der Waals surface area contributed by atoms with Gasteiger partial charge in [0.15, 0.2) is 11.5 Å². The standard InChI is InChI=1S/C16H25NO2/c1-4-19-16-10-13(6-8-15(16)18-3)11-17-14-7-5-12(2)9-14/h6,8,10,12,14,17H,4-5,7,9,11H2,1-3H3. The summed E-state index contributed by atoms with van der Waals surface area (Å²) < 4.78 is 10.9. The maximum Gasteiger partial charge on any atom is 0.161 e. The first-order chi connectivity index (χ1) is 9.22. The maximum absolute atomic E-state index is 5.60. The fourth-order valence-electron chi connectivity index (χ4n) is 2.75. The number of benzene rings is 1. The van der Waals surface area contributed by atoms with E-state index in [0.29, 0.717) is 12.6 Å². The van der Waals surface area contributed by atoms with E-state index in [4.69, 9.17) is 9.47 Å². The molecule has 2 rings (SSSR count). The number of rotatable bonds is 6. The van der Waals surface area contributed by atoms with Gasteiger partial charge in [-0.15, -0.1) is 0 Å². The van der Waals surface area contributed by atoms with Crippen molar-refractivity contribution in [1.82, 2.24) is 5.32 Å². The molecule has 3 heteroatoms. The van der Waals surface area contributed by atoms with E-state index in [-0.39, 0.29) is 0 Å². The van der Waals surface area contributed by atoms with Crippen LogP contribution in [-0.2, 0) is 6.54 Å². The van der Waals surface area contributed by atoms with Gasteiger partial charge in [-0.2, -0.15) is 0 Å². The average molecular weight is 263 g/mol. The second kappa shape index (κ2) is 6.80. The zero-order valence-corrected chi connectivity index (χ0v) is 12.2. The molecule has 1 aliphatic carbocycles. The van der Waals surface area contributed by atoms with Crippen LogP contribution < -0.4 is 14.8 Å². The summed E-state index contributed by atoms with van der Waals surface area (Å²) in [5.41, 5.74) is 1.25. The van der Waals surface area contributed by atoms with E-state index in [0.717, 1.165) is 24.0 Å². The van der Waals surface area contributed by atoms with E-state index in [9.17, 15) is 0 Å². The van der Waals surface area contributed by atoms with Crippen molar-refractivity contribution in [2.24, 2.45) is 5.92 Å². The van der Waals surface area contributed by atoms with Gasteiger partial charge >= 0.3 is 0 Å². The third kappa shape index (κ3) is 3.87. The highest BCUT2D eigenvalue weighted by Crippen LogP contribution is 2.29. The van der Waals surface area contributed by atoms with Crippen molar-refractivity contribution in [3.63, 3.8) is 0 Å². The lowest BCUT2D eigenvalue weighted by atomic mass is 10.1. The molecule has 0 bridgehead atoms. The highest BCUT2D eigenvalue weighted by Gasteiger charge is 2.20. The molecular formula is C16H25NO2. The van der Waals surface area contributed by atoms with Gasteiger partial charge in [0.1, 0.15) is 0 Å². The van der Waals surface area contributed by atoms with Crippen molar-refractivity contribution in [2.75, 3.05) is 13.7 Å². The van der Waals surface area contributed by atoms with Gasteiger partial charge in [0.05, 0.1) is 13.7 Å². The SMILES string of the molecule is CCOc1cc(CNC2CCC(C)C2)ccc1OC. The molecule has 1 fully saturated rings. The summed E-state index contributed by atoms with van der Waals surface area (Å²) in [6, 6.07) is 6.84. The molecule has 0 spiro atoms. The molecule has 19 heavy (non-hydrogen) atoms. The Morgan fingerprint density at radius 2 is 2.11 bits per heavy atom. The van der Waals surface area contributed by atoms with Crippen LogP contribution in [0.25, 0.3) is 0 Å². The average Bonchev–Trinajstić information content (AvgIpc) is 2.83. The van der Waals surface area contributed by atoms with E-state index in [1.165, 1.54) is 24.8 Å². The first-order valence-electron chi connectivity index (χ1n) is 7.26. The Labute approximate surface area is 116 Å². The third-order valence-corrected chi connectivity index (χ3v) is 3.82. The minimum Gasteiger partial charge on any atom is -0.493 e. The monoisotopic (exact) mass is 263 g/mol. The fourth-order valence-corrected chi connectivity index (χ4v) is 2.75. The molecule has 1 aromatic carbocycles. The molecule has 106 valence electrons. The molecule has 2 atom stereocenters. The van der Waals surface area contributed by atoms with Crippen LogP contribution in [0.4, 0.5) is 0 Å². The summed E-state index contributed by atoms with van der Waals surface area (Å²) in [5, 5.41) is 3.64. The van der Waals surface area contributed by atoms with Gasteiger partial charge in [0.25, 0.3) is 0 Å². The number of nitrogens with one attached hydrogen (secondary N) is 1. The Hall–Kier alpha value is -1.22. The molecule has 1 aromatic rings. The topological polar surface area (TPSA) is 30.5 Å². The first-order valence-corrected chi connectivity index (χ1v) is 7.26. The second-order valence-corrected chi connectivity index (χ2v) is 5.41. The first kappa shape index (κ1) is 14.2. The van der Waals surface area contributed by atoms with Crippen LogP contribution in [0.5, 0.6) is 11.5 Å². The number of ether oxygens (including phenoxy) is 2. The summed E-state index contributed by atoms with van der Waals surface area (Å²) in [7, 11) is 1.68. The van der Waals surface area contributed by atoms with Crippen LogP contribution in [0.1, 0.15) is 38.7 Å². The van der Waals surface area contributed by atoms with Crippen LogP contribution >= 0.6 is 0 Å². The molecule has 1 aliphatic rings. The normalized spacial score (nSPS) is 22.5. The van der Waals surface area contributed by atoms with Crippen molar-refractivity contribution in [2.45, 2.75) is 45.7 Å². The predicted molar refractivity (Wildman–Crippen MR) is 77.8 cm³/mol. The fraction of sp³-hybridized carbons (Fsp3) is 0.625. The van der Waals surface area contributed by atoms with E-state index in [1.54, 1.807) is 7.11 Å². The van der Waals surface area contributed by atoms with Gasteiger partial charge in [-0.3, -0.25) is 0 Å². The van der Waals surface area contributed by atoms with Gasteiger partial charge in [-0.25, -0.2) is 0 Å². The highest BCUT2D eigenvalue weighted by atomic mass is 16.5. The number of methoxy groups -OCH3 is 1. The summed E-state index contributed by atoms with van der Waals surface area (Å²) in [5.74, 6) is 2.51. The number of hydrogen-bond donors (Lipinski definition) is 1. The second-order valence-electron chi connectivity index (χ2n) is 5.41. The predicted octanol–water partition coefficient (Wildman–Crippen LogP) is 3.37. The van der Waals surface area contributed by atoms with Crippen LogP contribution in [0.3, 0.4) is 0 Å². The Kier molecular flexibility index (Phi) is 5.08. The summed E-state index contributed by atoms with van der Waals surface area (Å²) in [6.07, 6.45) is 3.95. The third-order valence-electron chi connectivity index (χ3n) is 3.82. The van der Waals surface area contributed by atoms with Crippen LogP contribution in [0, 0.1) is 5.92 Å². The number of hydrogen-bond acceptors (Lipinski definition) is 3. The van der Waals surface area contributed by atoms with Crippen LogP contribution in [-0.4, -0.2) is 19.8 Å². The Morgan fingerprint density at radius 3 is 2.74 bits per heavy atom. The summed E-state index contributed by atoms with van der Waals surface area (Å²) >= 11 is 0. The van der Waals surface area contributed by atoms with E-state index < -0.39 is 0 Å². The summed E-state index contributed by atoms with van der Waals surface area (Å²) in [6.45, 7) is 5.89. The highest BCUT2D eigenvalue weighted by molar-refractivity contribution is 5.42. The van der Waals surface area contributed by atoms with Crippen molar-refractivity contribution >= 4 is 0 Å². The molecule has 0 heterocycles.